The predicted octanol–water partition coefficient (Wildman–Crippen LogP) is 5.12. The molecule has 3 unspecified atom stereocenters. The van der Waals surface area contributed by atoms with E-state index in [0.29, 0.717) is 11.8 Å². The van der Waals surface area contributed by atoms with Gasteiger partial charge >= 0.3 is 0 Å². The van der Waals surface area contributed by atoms with Gasteiger partial charge in [0.25, 0.3) is 0 Å². The highest BCUT2D eigenvalue weighted by molar-refractivity contribution is 9.10. The Hall–Kier alpha value is -1.32. The summed E-state index contributed by atoms with van der Waals surface area (Å²) in [4.78, 5) is 0. The van der Waals surface area contributed by atoms with Gasteiger partial charge in [-0.1, -0.05) is 41.4 Å². The molecule has 0 saturated heterocycles. The van der Waals surface area contributed by atoms with Crippen LogP contribution in [0.1, 0.15) is 31.2 Å². The second-order valence-electron chi connectivity index (χ2n) is 5.61. The summed E-state index contributed by atoms with van der Waals surface area (Å²) in [6, 6.07) is 16.1. The Bertz CT molecular complexity index is 592. The number of rotatable bonds is 4. The van der Waals surface area contributed by atoms with E-state index in [1.165, 1.54) is 5.56 Å². The number of aliphatic hydroxyl groups excluding tert-OH is 1. The molecular weight excluding hydrogens is 328 g/mol. The van der Waals surface area contributed by atoms with Crippen LogP contribution < -0.4 is 4.74 Å². The van der Waals surface area contributed by atoms with Gasteiger partial charge in [0, 0.05) is 4.47 Å². The zero-order valence-corrected chi connectivity index (χ0v) is 13.6. The molecule has 3 heteroatoms. The molecule has 110 valence electrons. The van der Waals surface area contributed by atoms with Gasteiger partial charge in [0.2, 0.25) is 0 Å². The SMILES string of the molecule is CCC1C(O)CC1c1ccc(Oc2ccc(Br)cc2)cc1. The predicted molar refractivity (Wildman–Crippen MR) is 87.8 cm³/mol. The first-order valence-corrected chi connectivity index (χ1v) is 8.18. The first kappa shape index (κ1) is 14.6. The maximum absolute atomic E-state index is 9.78. The molecule has 0 amide bonds. The molecule has 1 saturated carbocycles. The Kier molecular flexibility index (Phi) is 4.32. The normalized spacial score (nSPS) is 24.4. The average Bonchev–Trinajstić information content (AvgIpc) is 2.48. The lowest BCUT2D eigenvalue weighted by atomic mass is 9.66. The topological polar surface area (TPSA) is 29.5 Å². The van der Waals surface area contributed by atoms with Crippen molar-refractivity contribution in [2.24, 2.45) is 5.92 Å². The Morgan fingerprint density at radius 1 is 1.05 bits per heavy atom. The molecule has 21 heavy (non-hydrogen) atoms. The minimum atomic E-state index is -0.126. The van der Waals surface area contributed by atoms with Gasteiger partial charge in [0.15, 0.2) is 0 Å². The number of ether oxygens (including phenoxy) is 1. The molecule has 2 aromatic rings. The molecular formula is C18H19BrO2. The molecule has 0 bridgehead atoms. The monoisotopic (exact) mass is 346 g/mol. The summed E-state index contributed by atoms with van der Waals surface area (Å²) in [5.74, 6) is 2.57. The van der Waals surface area contributed by atoms with Gasteiger partial charge in [-0.25, -0.2) is 0 Å². The summed E-state index contributed by atoms with van der Waals surface area (Å²) in [6.07, 6.45) is 1.78. The van der Waals surface area contributed by atoms with Crippen LogP contribution in [0.5, 0.6) is 11.5 Å². The lowest BCUT2D eigenvalue weighted by molar-refractivity contribution is -0.000731. The number of benzene rings is 2. The molecule has 1 aliphatic rings. The zero-order chi connectivity index (χ0) is 14.8. The summed E-state index contributed by atoms with van der Waals surface area (Å²) in [6.45, 7) is 2.14. The number of aliphatic hydroxyl groups is 1. The largest absolute Gasteiger partial charge is 0.457 e. The lowest BCUT2D eigenvalue weighted by Crippen LogP contribution is -2.38. The Morgan fingerprint density at radius 2 is 1.62 bits per heavy atom. The van der Waals surface area contributed by atoms with Gasteiger partial charge in [-0.05, 0) is 60.2 Å². The summed E-state index contributed by atoms with van der Waals surface area (Å²) in [5, 5.41) is 9.78. The third-order valence-corrected chi connectivity index (χ3v) is 4.86. The van der Waals surface area contributed by atoms with Crippen molar-refractivity contribution in [1.29, 1.82) is 0 Å². The van der Waals surface area contributed by atoms with Crippen LogP contribution in [0.3, 0.4) is 0 Å². The van der Waals surface area contributed by atoms with E-state index < -0.39 is 0 Å². The molecule has 1 N–H and O–H groups in total. The van der Waals surface area contributed by atoms with Gasteiger partial charge in [0.1, 0.15) is 11.5 Å². The van der Waals surface area contributed by atoms with Crippen LogP contribution in [-0.2, 0) is 0 Å². The van der Waals surface area contributed by atoms with E-state index in [2.05, 4.69) is 35.0 Å². The molecule has 2 aromatic carbocycles. The first-order valence-electron chi connectivity index (χ1n) is 7.39. The molecule has 2 nitrogen and oxygen atoms in total. The van der Waals surface area contributed by atoms with Gasteiger partial charge in [0.05, 0.1) is 6.10 Å². The number of hydrogen-bond acceptors (Lipinski definition) is 2. The molecule has 0 aromatic heterocycles. The lowest BCUT2D eigenvalue weighted by Gasteiger charge is -2.41. The van der Waals surface area contributed by atoms with E-state index in [1.807, 2.05) is 36.4 Å². The van der Waals surface area contributed by atoms with E-state index in [1.54, 1.807) is 0 Å². The summed E-state index contributed by atoms with van der Waals surface area (Å²) < 4.78 is 6.86. The number of halogens is 1. The standard InChI is InChI=1S/C18H19BrO2/c1-2-16-17(11-18(16)20)12-3-7-14(8-4-12)21-15-9-5-13(19)6-10-15/h3-10,16-18,20H,2,11H2,1H3. The third kappa shape index (κ3) is 3.14. The molecule has 1 fully saturated rings. The van der Waals surface area contributed by atoms with Gasteiger partial charge in [-0.15, -0.1) is 0 Å². The Labute approximate surface area is 133 Å². The highest BCUT2D eigenvalue weighted by atomic mass is 79.9. The van der Waals surface area contributed by atoms with Crippen molar-refractivity contribution in [2.45, 2.75) is 31.8 Å². The van der Waals surface area contributed by atoms with Crippen LogP contribution in [0.4, 0.5) is 0 Å². The molecule has 0 spiro atoms. The fourth-order valence-electron chi connectivity index (χ4n) is 3.04. The van der Waals surface area contributed by atoms with Gasteiger partial charge in [-0.3, -0.25) is 0 Å². The van der Waals surface area contributed by atoms with E-state index in [-0.39, 0.29) is 6.10 Å². The van der Waals surface area contributed by atoms with Crippen molar-refractivity contribution in [2.75, 3.05) is 0 Å². The summed E-state index contributed by atoms with van der Waals surface area (Å²) in [7, 11) is 0. The second kappa shape index (κ2) is 6.20. The molecule has 1 aliphatic carbocycles. The number of hydrogen-bond donors (Lipinski definition) is 1. The smallest absolute Gasteiger partial charge is 0.127 e. The van der Waals surface area contributed by atoms with E-state index >= 15 is 0 Å². The van der Waals surface area contributed by atoms with Crippen molar-refractivity contribution in [3.8, 4) is 11.5 Å². The minimum Gasteiger partial charge on any atom is -0.457 e. The summed E-state index contributed by atoms with van der Waals surface area (Å²) >= 11 is 3.41. The fraction of sp³-hybridized carbons (Fsp3) is 0.333. The Morgan fingerprint density at radius 3 is 2.14 bits per heavy atom. The molecule has 0 radical (unpaired) electrons. The Balaban J connectivity index is 1.68. The molecule has 0 heterocycles. The highest BCUT2D eigenvalue weighted by Gasteiger charge is 2.39. The van der Waals surface area contributed by atoms with Crippen molar-refractivity contribution in [1.82, 2.24) is 0 Å². The fourth-order valence-corrected chi connectivity index (χ4v) is 3.31. The second-order valence-corrected chi connectivity index (χ2v) is 6.52. The van der Waals surface area contributed by atoms with Crippen LogP contribution in [0.25, 0.3) is 0 Å². The van der Waals surface area contributed by atoms with Crippen LogP contribution in [0, 0.1) is 5.92 Å². The van der Waals surface area contributed by atoms with E-state index in [0.717, 1.165) is 28.8 Å². The van der Waals surface area contributed by atoms with Crippen molar-refractivity contribution >= 4 is 15.9 Å². The van der Waals surface area contributed by atoms with Gasteiger partial charge in [-0.2, -0.15) is 0 Å². The maximum atomic E-state index is 9.78. The van der Waals surface area contributed by atoms with Crippen LogP contribution in [0.2, 0.25) is 0 Å². The molecule has 3 rings (SSSR count). The highest BCUT2D eigenvalue weighted by Crippen LogP contribution is 2.44. The van der Waals surface area contributed by atoms with Crippen LogP contribution >= 0.6 is 15.9 Å². The third-order valence-electron chi connectivity index (χ3n) is 4.34. The quantitative estimate of drug-likeness (QED) is 0.832. The van der Waals surface area contributed by atoms with Crippen molar-refractivity contribution in [3.63, 3.8) is 0 Å². The molecule has 0 aliphatic heterocycles. The van der Waals surface area contributed by atoms with Crippen molar-refractivity contribution < 1.29 is 9.84 Å². The van der Waals surface area contributed by atoms with E-state index in [9.17, 15) is 5.11 Å². The average molecular weight is 347 g/mol. The van der Waals surface area contributed by atoms with Gasteiger partial charge < -0.3 is 9.84 Å². The van der Waals surface area contributed by atoms with E-state index in [4.69, 9.17) is 4.74 Å². The van der Waals surface area contributed by atoms with Crippen LogP contribution in [-0.4, -0.2) is 11.2 Å². The first-order chi connectivity index (χ1) is 10.2. The minimum absolute atomic E-state index is 0.126. The van der Waals surface area contributed by atoms with Crippen molar-refractivity contribution in [3.05, 3.63) is 58.6 Å². The summed E-state index contributed by atoms with van der Waals surface area (Å²) in [5.41, 5.74) is 1.30. The maximum Gasteiger partial charge on any atom is 0.127 e. The van der Waals surface area contributed by atoms with Crippen LogP contribution in [0.15, 0.2) is 53.0 Å². The molecule has 3 atom stereocenters. The zero-order valence-electron chi connectivity index (χ0n) is 12.0.